The monoisotopic (exact) mass is 503 g/mol. The molecule has 0 aliphatic heterocycles. The summed E-state index contributed by atoms with van der Waals surface area (Å²) in [5.74, 6) is -1.90. The molecule has 0 spiro atoms. The van der Waals surface area contributed by atoms with E-state index >= 15 is 0 Å². The highest BCUT2D eigenvalue weighted by Gasteiger charge is 2.21. The molecule has 0 bridgehead atoms. The molecule has 3 aromatic carbocycles. The molecule has 0 heterocycles. The van der Waals surface area contributed by atoms with Crippen molar-refractivity contribution in [2.45, 2.75) is 11.4 Å². The Bertz CT molecular complexity index is 1190. The summed E-state index contributed by atoms with van der Waals surface area (Å²) in [6.07, 6.45) is 0. The quantitative estimate of drug-likeness (QED) is 0.358. The van der Waals surface area contributed by atoms with Gasteiger partial charge in [0.05, 0.1) is 4.90 Å². The molecule has 0 saturated heterocycles. The molecular weight excluding hydrogens is 486 g/mol. The normalized spacial score (nSPS) is 11.1. The average molecular weight is 504 g/mol. The van der Waals surface area contributed by atoms with Crippen LogP contribution in [-0.4, -0.2) is 31.9 Å². The summed E-state index contributed by atoms with van der Waals surface area (Å²) >= 11 is 3.26. The molecule has 0 aromatic heterocycles. The zero-order valence-electron chi connectivity index (χ0n) is 16.1. The number of carbonyl (C=O) groups is 2. The largest absolute Gasteiger partial charge is 0.507 e. The Balaban J connectivity index is 1.70. The number of aromatic hydroxyl groups is 1. The SMILES string of the molecule is O=C(COC(=O)c1cc(S(=O)(=O)NCc2ccccc2)ccc1O)c1ccc(Br)cc1. The second-order valence-corrected chi connectivity index (χ2v) is 9.18. The second kappa shape index (κ2) is 9.86. The molecule has 160 valence electrons. The van der Waals surface area contributed by atoms with Gasteiger partial charge in [0.15, 0.2) is 12.4 Å². The smallest absolute Gasteiger partial charge is 0.342 e. The summed E-state index contributed by atoms with van der Waals surface area (Å²) in [7, 11) is -3.95. The topological polar surface area (TPSA) is 110 Å². The van der Waals surface area contributed by atoms with Crippen LogP contribution < -0.4 is 4.72 Å². The minimum Gasteiger partial charge on any atom is -0.507 e. The maximum absolute atomic E-state index is 12.6. The summed E-state index contributed by atoms with van der Waals surface area (Å²) in [6.45, 7) is -0.491. The van der Waals surface area contributed by atoms with Gasteiger partial charge in [-0.25, -0.2) is 17.9 Å². The fourth-order valence-corrected chi connectivity index (χ4v) is 3.94. The van der Waals surface area contributed by atoms with Gasteiger partial charge in [-0.05, 0) is 35.9 Å². The first-order valence-electron chi connectivity index (χ1n) is 9.09. The van der Waals surface area contributed by atoms with Crippen LogP contribution in [0.2, 0.25) is 0 Å². The lowest BCUT2D eigenvalue weighted by atomic mass is 10.1. The van der Waals surface area contributed by atoms with Gasteiger partial charge in [-0.2, -0.15) is 0 Å². The Labute approximate surface area is 187 Å². The van der Waals surface area contributed by atoms with Crippen LogP contribution in [0.1, 0.15) is 26.3 Å². The lowest BCUT2D eigenvalue weighted by molar-refractivity contribution is 0.0471. The molecule has 2 N–H and O–H groups in total. The highest BCUT2D eigenvalue weighted by atomic mass is 79.9. The van der Waals surface area contributed by atoms with Crippen molar-refractivity contribution in [1.82, 2.24) is 4.72 Å². The summed E-state index contributed by atoms with van der Waals surface area (Å²) in [5, 5.41) is 9.99. The maximum Gasteiger partial charge on any atom is 0.342 e. The molecule has 0 fully saturated rings. The van der Waals surface area contributed by atoms with E-state index in [1.54, 1.807) is 48.5 Å². The number of phenols is 1. The molecule has 0 aliphatic rings. The second-order valence-electron chi connectivity index (χ2n) is 6.50. The molecular formula is C22H18BrNO6S. The number of sulfonamides is 1. The standard InChI is InChI=1S/C22H18BrNO6S/c23-17-8-6-16(7-9-17)21(26)14-30-22(27)19-12-18(10-11-20(19)25)31(28,29)24-13-15-4-2-1-3-5-15/h1-12,24-25H,13-14H2. The minimum absolute atomic E-state index is 0.0610. The zero-order valence-corrected chi connectivity index (χ0v) is 18.5. The van der Waals surface area contributed by atoms with Crippen LogP contribution in [0.15, 0.2) is 82.2 Å². The molecule has 0 unspecified atom stereocenters. The summed E-state index contributed by atoms with van der Waals surface area (Å²) in [4.78, 5) is 24.3. The fraction of sp³-hybridized carbons (Fsp3) is 0.0909. The van der Waals surface area contributed by atoms with Crippen molar-refractivity contribution in [2.75, 3.05) is 6.61 Å². The Morgan fingerprint density at radius 1 is 0.968 bits per heavy atom. The molecule has 0 atom stereocenters. The number of hydrogen-bond acceptors (Lipinski definition) is 6. The number of benzene rings is 3. The third kappa shape index (κ3) is 6.00. The molecule has 7 nitrogen and oxygen atoms in total. The Morgan fingerprint density at radius 3 is 2.32 bits per heavy atom. The number of halogens is 1. The van der Waals surface area contributed by atoms with Gasteiger partial charge in [0.2, 0.25) is 10.0 Å². The molecule has 0 aliphatic carbocycles. The van der Waals surface area contributed by atoms with Gasteiger partial charge < -0.3 is 9.84 Å². The first kappa shape index (κ1) is 22.7. The predicted molar refractivity (Wildman–Crippen MR) is 117 cm³/mol. The Kier molecular flexibility index (Phi) is 7.21. The number of phenolic OH excluding ortho intramolecular Hbond substituents is 1. The van der Waals surface area contributed by atoms with E-state index in [-0.39, 0.29) is 17.0 Å². The molecule has 0 saturated carbocycles. The number of hydrogen-bond donors (Lipinski definition) is 2. The minimum atomic E-state index is -3.95. The van der Waals surface area contributed by atoms with Crippen molar-refractivity contribution in [3.63, 3.8) is 0 Å². The van der Waals surface area contributed by atoms with Crippen molar-refractivity contribution in [3.8, 4) is 5.75 Å². The number of rotatable bonds is 8. The average Bonchev–Trinajstić information content (AvgIpc) is 2.77. The van der Waals surface area contributed by atoms with Gasteiger partial charge in [-0.15, -0.1) is 0 Å². The van der Waals surface area contributed by atoms with Gasteiger partial charge in [-0.3, -0.25) is 4.79 Å². The van der Waals surface area contributed by atoms with Crippen LogP contribution in [0.3, 0.4) is 0 Å². The molecule has 3 aromatic rings. The van der Waals surface area contributed by atoms with Gasteiger partial charge in [0, 0.05) is 16.6 Å². The van der Waals surface area contributed by atoms with Crippen LogP contribution in [-0.2, 0) is 21.3 Å². The van der Waals surface area contributed by atoms with Crippen LogP contribution in [0.25, 0.3) is 0 Å². The van der Waals surface area contributed by atoms with Crippen LogP contribution >= 0.6 is 15.9 Å². The first-order valence-corrected chi connectivity index (χ1v) is 11.4. The number of ketones is 1. The Morgan fingerprint density at radius 2 is 1.65 bits per heavy atom. The number of esters is 1. The summed E-state index contributed by atoms with van der Waals surface area (Å²) in [5.41, 5.74) is 0.754. The number of carbonyl (C=O) groups excluding carboxylic acids is 2. The van der Waals surface area contributed by atoms with E-state index in [1.165, 1.54) is 6.07 Å². The third-order valence-corrected chi connectivity index (χ3v) is 6.24. The maximum atomic E-state index is 12.6. The van der Waals surface area contributed by atoms with Crippen molar-refractivity contribution in [1.29, 1.82) is 0 Å². The Hall–Kier alpha value is -3.01. The van der Waals surface area contributed by atoms with Crippen molar-refractivity contribution in [3.05, 3.63) is 94.0 Å². The van der Waals surface area contributed by atoms with Crippen molar-refractivity contribution in [2.24, 2.45) is 0 Å². The van der Waals surface area contributed by atoms with E-state index in [2.05, 4.69) is 20.7 Å². The van der Waals surface area contributed by atoms with Crippen molar-refractivity contribution >= 4 is 37.7 Å². The molecule has 0 radical (unpaired) electrons. The van der Waals surface area contributed by atoms with E-state index in [4.69, 9.17) is 4.74 Å². The van der Waals surface area contributed by atoms with Gasteiger partial charge in [-0.1, -0.05) is 58.4 Å². The van der Waals surface area contributed by atoms with E-state index in [0.717, 1.165) is 22.2 Å². The van der Waals surface area contributed by atoms with E-state index in [9.17, 15) is 23.1 Å². The van der Waals surface area contributed by atoms with Gasteiger partial charge in [0.1, 0.15) is 11.3 Å². The highest BCUT2D eigenvalue weighted by molar-refractivity contribution is 9.10. The number of ether oxygens (including phenoxy) is 1. The van der Waals surface area contributed by atoms with E-state index in [1.807, 2.05) is 6.07 Å². The lowest BCUT2D eigenvalue weighted by Crippen LogP contribution is -2.23. The van der Waals surface area contributed by atoms with Crippen LogP contribution in [0.4, 0.5) is 0 Å². The van der Waals surface area contributed by atoms with Crippen LogP contribution in [0, 0.1) is 0 Å². The summed E-state index contributed by atoms with van der Waals surface area (Å²) in [6, 6.07) is 18.7. The lowest BCUT2D eigenvalue weighted by Gasteiger charge is -2.10. The fourth-order valence-electron chi connectivity index (χ4n) is 2.63. The summed E-state index contributed by atoms with van der Waals surface area (Å²) < 4.78 is 33.3. The number of Topliss-reactive ketones (excluding diaryl/α,β-unsaturated/α-hetero) is 1. The highest BCUT2D eigenvalue weighted by Crippen LogP contribution is 2.22. The van der Waals surface area contributed by atoms with E-state index < -0.39 is 34.1 Å². The van der Waals surface area contributed by atoms with Crippen LogP contribution in [0.5, 0.6) is 5.75 Å². The number of nitrogens with one attached hydrogen (secondary N) is 1. The van der Waals surface area contributed by atoms with Gasteiger partial charge in [0.25, 0.3) is 0 Å². The van der Waals surface area contributed by atoms with Gasteiger partial charge >= 0.3 is 5.97 Å². The zero-order chi connectivity index (χ0) is 22.4. The molecule has 0 amide bonds. The molecule has 31 heavy (non-hydrogen) atoms. The van der Waals surface area contributed by atoms with Crippen molar-refractivity contribution < 1.29 is 27.9 Å². The molecule has 9 heteroatoms. The molecule has 3 rings (SSSR count). The predicted octanol–water partition coefficient (Wildman–Crippen LogP) is 3.67. The first-order chi connectivity index (χ1) is 14.8. The van der Waals surface area contributed by atoms with E-state index in [0.29, 0.717) is 5.56 Å². The third-order valence-electron chi connectivity index (χ3n) is 4.31.